The van der Waals surface area contributed by atoms with Gasteiger partial charge in [-0.05, 0) is 46.5 Å². The van der Waals surface area contributed by atoms with Crippen molar-refractivity contribution in [2.24, 2.45) is 10.8 Å². The minimum atomic E-state index is -6.16. The van der Waals surface area contributed by atoms with Crippen LogP contribution in [0.5, 0.6) is 0 Å². The summed E-state index contributed by atoms with van der Waals surface area (Å²) < 4.78 is 83.4. The number of aliphatic hydroxyl groups is 2. The van der Waals surface area contributed by atoms with Crippen molar-refractivity contribution >= 4 is 5.97 Å². The van der Waals surface area contributed by atoms with Gasteiger partial charge in [-0.2, -0.15) is 26.3 Å². The second-order valence-electron chi connectivity index (χ2n) is 9.23. The second kappa shape index (κ2) is 6.79. The van der Waals surface area contributed by atoms with Gasteiger partial charge in [0, 0.05) is 0 Å². The quantitative estimate of drug-likeness (QED) is 0.522. The highest BCUT2D eigenvalue weighted by Crippen LogP contribution is 2.52. The molecule has 1 atom stereocenters. The van der Waals surface area contributed by atoms with E-state index in [2.05, 4.69) is 4.74 Å². The van der Waals surface area contributed by atoms with Crippen molar-refractivity contribution in [1.82, 2.24) is 0 Å². The molecule has 0 amide bonds. The highest BCUT2D eigenvalue weighted by Gasteiger charge is 2.79. The molecule has 0 radical (unpaired) electrons. The standard InChI is InChI=1S/C17H28F6O4/c1-11(2,3)9-14(8,12(4,5)25)10(24)27-13(6,7)15(26,16(18,19)20)17(21,22)23/h25-26H,9H2,1-8H3. The van der Waals surface area contributed by atoms with E-state index in [4.69, 9.17) is 0 Å². The van der Waals surface area contributed by atoms with Crippen LogP contribution in [0, 0.1) is 10.8 Å². The van der Waals surface area contributed by atoms with Gasteiger partial charge in [0.15, 0.2) is 5.60 Å². The Morgan fingerprint density at radius 3 is 1.33 bits per heavy atom. The van der Waals surface area contributed by atoms with Crippen LogP contribution in [0.2, 0.25) is 0 Å². The van der Waals surface area contributed by atoms with E-state index >= 15 is 0 Å². The van der Waals surface area contributed by atoms with Crippen LogP contribution in [-0.2, 0) is 9.53 Å². The number of carbonyl (C=O) groups is 1. The first-order valence-electron chi connectivity index (χ1n) is 8.15. The van der Waals surface area contributed by atoms with Crippen molar-refractivity contribution in [2.75, 3.05) is 0 Å². The molecule has 10 heteroatoms. The first-order chi connectivity index (χ1) is 11.3. The topological polar surface area (TPSA) is 66.8 Å². The van der Waals surface area contributed by atoms with Crippen LogP contribution in [0.25, 0.3) is 0 Å². The second-order valence-corrected chi connectivity index (χ2v) is 9.23. The van der Waals surface area contributed by atoms with E-state index in [1.54, 1.807) is 20.8 Å². The van der Waals surface area contributed by atoms with Gasteiger partial charge in [0.1, 0.15) is 0 Å². The molecule has 0 aliphatic carbocycles. The first-order valence-corrected chi connectivity index (χ1v) is 8.15. The molecule has 0 bridgehead atoms. The Morgan fingerprint density at radius 1 is 0.778 bits per heavy atom. The number of halogens is 6. The Kier molecular flexibility index (Phi) is 6.53. The maximum Gasteiger partial charge on any atom is 0.430 e. The number of rotatable bonds is 5. The van der Waals surface area contributed by atoms with Gasteiger partial charge in [-0.25, -0.2) is 0 Å². The summed E-state index contributed by atoms with van der Waals surface area (Å²) in [6.07, 6.45) is -12.4. The molecule has 0 fully saturated rings. The molecule has 0 aromatic carbocycles. The predicted molar refractivity (Wildman–Crippen MR) is 85.7 cm³/mol. The lowest BCUT2D eigenvalue weighted by molar-refractivity contribution is -0.408. The van der Waals surface area contributed by atoms with Gasteiger partial charge in [0.25, 0.3) is 5.60 Å². The van der Waals surface area contributed by atoms with Gasteiger partial charge >= 0.3 is 18.3 Å². The largest absolute Gasteiger partial charge is 0.455 e. The molecule has 0 spiro atoms. The van der Waals surface area contributed by atoms with Crippen molar-refractivity contribution in [3.05, 3.63) is 0 Å². The van der Waals surface area contributed by atoms with E-state index in [1.165, 1.54) is 20.8 Å². The molecule has 0 rings (SSSR count). The average Bonchev–Trinajstić information content (AvgIpc) is 2.30. The van der Waals surface area contributed by atoms with E-state index in [9.17, 15) is 41.4 Å². The summed E-state index contributed by atoms with van der Waals surface area (Å²) in [6, 6.07) is 0. The van der Waals surface area contributed by atoms with E-state index in [-0.39, 0.29) is 6.42 Å². The van der Waals surface area contributed by atoms with E-state index < -0.39 is 46.0 Å². The molecule has 162 valence electrons. The van der Waals surface area contributed by atoms with Crippen LogP contribution in [-0.4, -0.2) is 45.3 Å². The minimum absolute atomic E-state index is 0.102. The maximum absolute atomic E-state index is 13.1. The van der Waals surface area contributed by atoms with Crippen LogP contribution < -0.4 is 0 Å². The lowest BCUT2D eigenvalue weighted by Gasteiger charge is -2.47. The Labute approximate surface area is 154 Å². The van der Waals surface area contributed by atoms with Gasteiger partial charge in [-0.1, -0.05) is 20.8 Å². The molecule has 27 heavy (non-hydrogen) atoms. The summed E-state index contributed by atoms with van der Waals surface area (Å²) in [7, 11) is 0. The Balaban J connectivity index is 6.25. The van der Waals surface area contributed by atoms with E-state index in [0.717, 1.165) is 0 Å². The zero-order valence-electron chi connectivity index (χ0n) is 16.7. The molecule has 0 saturated carbocycles. The maximum atomic E-state index is 13.1. The van der Waals surface area contributed by atoms with Gasteiger partial charge in [-0.15, -0.1) is 0 Å². The van der Waals surface area contributed by atoms with Crippen molar-refractivity contribution in [1.29, 1.82) is 0 Å². The van der Waals surface area contributed by atoms with Gasteiger partial charge < -0.3 is 14.9 Å². The summed E-state index contributed by atoms with van der Waals surface area (Å²) in [5.74, 6) is -1.48. The molecule has 0 aliphatic heterocycles. The van der Waals surface area contributed by atoms with Crippen LogP contribution in [0.4, 0.5) is 26.3 Å². The van der Waals surface area contributed by atoms with Crippen molar-refractivity contribution in [3.63, 3.8) is 0 Å². The number of esters is 1. The average molecular weight is 410 g/mol. The summed E-state index contributed by atoms with van der Waals surface area (Å²) in [4.78, 5) is 12.7. The first kappa shape index (κ1) is 26.0. The zero-order valence-corrected chi connectivity index (χ0v) is 16.7. The lowest BCUT2D eigenvalue weighted by Crippen LogP contribution is -2.70. The van der Waals surface area contributed by atoms with Crippen LogP contribution in [0.15, 0.2) is 0 Å². The number of hydrogen-bond acceptors (Lipinski definition) is 4. The molecule has 2 N–H and O–H groups in total. The van der Waals surface area contributed by atoms with Crippen molar-refractivity contribution < 1.29 is 46.1 Å². The Morgan fingerprint density at radius 2 is 1.11 bits per heavy atom. The number of carbonyl (C=O) groups excluding carboxylic acids is 1. The lowest BCUT2D eigenvalue weighted by atomic mass is 9.66. The fourth-order valence-electron chi connectivity index (χ4n) is 2.86. The molecule has 0 aliphatic rings. The molecule has 0 aromatic heterocycles. The van der Waals surface area contributed by atoms with Crippen molar-refractivity contribution in [3.8, 4) is 0 Å². The molecule has 4 nitrogen and oxygen atoms in total. The zero-order chi connectivity index (χ0) is 22.5. The molecule has 0 aromatic rings. The smallest absolute Gasteiger partial charge is 0.430 e. The molecule has 0 heterocycles. The fourth-order valence-corrected chi connectivity index (χ4v) is 2.86. The summed E-state index contributed by atoms with van der Waals surface area (Å²) >= 11 is 0. The fraction of sp³-hybridized carbons (Fsp3) is 0.941. The Hall–Kier alpha value is -1.03. The highest BCUT2D eigenvalue weighted by atomic mass is 19.4. The van der Waals surface area contributed by atoms with E-state index in [0.29, 0.717) is 13.8 Å². The molecule has 1 unspecified atom stereocenters. The van der Waals surface area contributed by atoms with E-state index in [1.807, 2.05) is 0 Å². The third-order valence-electron chi connectivity index (χ3n) is 4.72. The van der Waals surface area contributed by atoms with Crippen molar-refractivity contribution in [2.45, 2.75) is 91.0 Å². The normalized spacial score (nSPS) is 17.5. The van der Waals surface area contributed by atoms with Gasteiger partial charge in [0.2, 0.25) is 0 Å². The summed E-state index contributed by atoms with van der Waals surface area (Å²) in [5, 5.41) is 20.0. The van der Waals surface area contributed by atoms with Crippen LogP contribution in [0.1, 0.15) is 61.8 Å². The minimum Gasteiger partial charge on any atom is -0.455 e. The molecular formula is C17H28F6O4. The predicted octanol–water partition coefficient (Wildman–Crippen LogP) is 4.38. The van der Waals surface area contributed by atoms with Crippen LogP contribution >= 0.6 is 0 Å². The number of hydrogen-bond donors (Lipinski definition) is 2. The Bertz CT molecular complexity index is 538. The molecular weight excluding hydrogens is 382 g/mol. The SMILES string of the molecule is CC(C)(C)CC(C)(C(=O)OC(C)(C)C(O)(C(F)(F)F)C(F)(F)F)C(C)(C)O. The monoisotopic (exact) mass is 410 g/mol. The molecule has 0 saturated heterocycles. The van der Waals surface area contributed by atoms with Gasteiger partial charge in [-0.3, -0.25) is 4.79 Å². The van der Waals surface area contributed by atoms with Gasteiger partial charge in [0.05, 0.1) is 11.0 Å². The summed E-state index contributed by atoms with van der Waals surface area (Å²) in [5.41, 5.74) is -13.0. The third kappa shape index (κ3) is 4.88. The number of ether oxygens (including phenoxy) is 1. The number of alkyl halides is 6. The van der Waals surface area contributed by atoms with Crippen LogP contribution in [0.3, 0.4) is 0 Å². The third-order valence-corrected chi connectivity index (χ3v) is 4.72. The summed E-state index contributed by atoms with van der Waals surface area (Å²) in [6.45, 7) is 9.28. The highest BCUT2D eigenvalue weighted by molar-refractivity contribution is 5.78.